The topological polar surface area (TPSA) is 60.2 Å². The zero-order chi connectivity index (χ0) is 8.20. The number of nitrogens with two attached hydrogens (primary N) is 1. The van der Waals surface area contributed by atoms with Gasteiger partial charge in [-0.1, -0.05) is 13.5 Å². The highest BCUT2D eigenvalue weighted by Crippen LogP contribution is 1.96. The van der Waals surface area contributed by atoms with E-state index in [-0.39, 0.29) is 18.1 Å². The van der Waals surface area contributed by atoms with Gasteiger partial charge in [0.1, 0.15) is 0 Å². The summed E-state index contributed by atoms with van der Waals surface area (Å²) >= 11 is 0. The molecule has 2 N–H and O–H groups in total. The van der Waals surface area contributed by atoms with E-state index in [1.807, 2.05) is 0 Å². The third-order valence-electron chi connectivity index (χ3n) is 1.15. The number of sulfone groups is 1. The maximum atomic E-state index is 10.9. The second-order valence-electron chi connectivity index (χ2n) is 2.13. The van der Waals surface area contributed by atoms with Crippen molar-refractivity contribution in [1.82, 2.24) is 0 Å². The summed E-state index contributed by atoms with van der Waals surface area (Å²) < 4.78 is 21.7. The molecule has 0 aromatic carbocycles. The zero-order valence-corrected chi connectivity index (χ0v) is 6.95. The molecular formula is C6H13NO2S. The molecule has 0 saturated carbocycles. The van der Waals surface area contributed by atoms with Gasteiger partial charge in [-0.2, -0.15) is 0 Å². The van der Waals surface area contributed by atoms with E-state index in [4.69, 9.17) is 5.73 Å². The van der Waals surface area contributed by atoms with Gasteiger partial charge >= 0.3 is 0 Å². The molecule has 0 aromatic heterocycles. The van der Waals surface area contributed by atoms with Gasteiger partial charge < -0.3 is 5.73 Å². The predicted molar refractivity (Wildman–Crippen MR) is 42.5 cm³/mol. The van der Waals surface area contributed by atoms with E-state index in [0.717, 1.165) is 0 Å². The normalized spacial score (nSPS) is 11.4. The lowest BCUT2D eigenvalue weighted by Crippen LogP contribution is -2.15. The molecule has 0 saturated heterocycles. The maximum absolute atomic E-state index is 10.9. The summed E-state index contributed by atoms with van der Waals surface area (Å²) in [6.45, 7) is 5.36. The molecule has 0 amide bonds. The van der Waals surface area contributed by atoms with Crippen LogP contribution in [0.15, 0.2) is 12.2 Å². The Morgan fingerprint density at radius 2 is 2.10 bits per heavy atom. The Balaban J connectivity index is 4.03. The number of rotatable bonds is 4. The third-order valence-corrected chi connectivity index (χ3v) is 2.88. The zero-order valence-electron chi connectivity index (χ0n) is 6.13. The summed E-state index contributed by atoms with van der Waals surface area (Å²) in [5.41, 5.74) is 5.74. The van der Waals surface area contributed by atoms with Crippen LogP contribution in [0.5, 0.6) is 0 Å². The molecule has 60 valence electrons. The highest BCUT2D eigenvalue weighted by molar-refractivity contribution is 7.91. The average Bonchev–Trinajstić information content (AvgIpc) is 1.87. The van der Waals surface area contributed by atoms with Crippen molar-refractivity contribution < 1.29 is 8.42 Å². The highest BCUT2D eigenvalue weighted by atomic mass is 32.2. The Morgan fingerprint density at radius 3 is 2.40 bits per heavy atom. The van der Waals surface area contributed by atoms with Crippen LogP contribution in [-0.2, 0) is 9.84 Å². The molecule has 3 nitrogen and oxygen atoms in total. The standard InChI is InChI=1S/C6H13NO2S/c1-3-10(8,9)5-6(2)4-7/h2-5,7H2,1H3. The van der Waals surface area contributed by atoms with Gasteiger partial charge in [0.25, 0.3) is 0 Å². The molecule has 0 radical (unpaired) electrons. The van der Waals surface area contributed by atoms with E-state index >= 15 is 0 Å². The van der Waals surface area contributed by atoms with Crippen molar-refractivity contribution in [3.63, 3.8) is 0 Å². The lowest BCUT2D eigenvalue weighted by atomic mass is 10.4. The molecular weight excluding hydrogens is 150 g/mol. The van der Waals surface area contributed by atoms with Crippen molar-refractivity contribution in [2.24, 2.45) is 5.73 Å². The van der Waals surface area contributed by atoms with Gasteiger partial charge in [-0.05, 0) is 5.57 Å². The quantitative estimate of drug-likeness (QED) is 0.590. The van der Waals surface area contributed by atoms with Crippen molar-refractivity contribution >= 4 is 9.84 Å². The van der Waals surface area contributed by atoms with Gasteiger partial charge in [-0.3, -0.25) is 0 Å². The van der Waals surface area contributed by atoms with Crippen LogP contribution < -0.4 is 5.73 Å². The van der Waals surface area contributed by atoms with Gasteiger partial charge in [0.05, 0.1) is 5.75 Å². The SMILES string of the molecule is C=C(CN)CS(=O)(=O)CC. The fourth-order valence-corrected chi connectivity index (χ4v) is 1.42. The molecule has 0 unspecified atom stereocenters. The molecule has 0 aliphatic heterocycles. The minimum absolute atomic E-state index is 0.0278. The van der Waals surface area contributed by atoms with E-state index in [1.165, 1.54) is 0 Å². The first kappa shape index (κ1) is 9.65. The van der Waals surface area contributed by atoms with Gasteiger partial charge in [0, 0.05) is 12.3 Å². The molecule has 0 aliphatic carbocycles. The van der Waals surface area contributed by atoms with Crippen LogP contribution in [0, 0.1) is 0 Å². The molecule has 0 heterocycles. The Kier molecular flexibility index (Phi) is 3.60. The van der Waals surface area contributed by atoms with Crippen molar-refractivity contribution in [3.05, 3.63) is 12.2 Å². The average molecular weight is 163 g/mol. The Bertz CT molecular complexity index is 206. The van der Waals surface area contributed by atoms with Crippen molar-refractivity contribution in [2.75, 3.05) is 18.1 Å². The van der Waals surface area contributed by atoms with Crippen LogP contribution >= 0.6 is 0 Å². The number of hydrogen-bond donors (Lipinski definition) is 1. The Hall–Kier alpha value is -0.350. The summed E-state index contributed by atoms with van der Waals surface area (Å²) in [7, 11) is -2.91. The van der Waals surface area contributed by atoms with Gasteiger partial charge in [0.15, 0.2) is 9.84 Å². The van der Waals surface area contributed by atoms with E-state index in [9.17, 15) is 8.42 Å². The maximum Gasteiger partial charge on any atom is 0.153 e. The summed E-state index contributed by atoms with van der Waals surface area (Å²) in [5, 5.41) is 0. The highest BCUT2D eigenvalue weighted by Gasteiger charge is 2.07. The Morgan fingerprint density at radius 1 is 1.60 bits per heavy atom. The molecule has 4 heteroatoms. The molecule has 0 rings (SSSR count). The Labute approximate surface area is 61.8 Å². The third kappa shape index (κ3) is 3.63. The van der Waals surface area contributed by atoms with Crippen LogP contribution in [-0.4, -0.2) is 26.5 Å². The molecule has 0 fully saturated rings. The van der Waals surface area contributed by atoms with Crippen LogP contribution in [0.3, 0.4) is 0 Å². The van der Waals surface area contributed by atoms with E-state index in [0.29, 0.717) is 5.57 Å². The first-order valence-electron chi connectivity index (χ1n) is 3.09. The second kappa shape index (κ2) is 3.73. The fourth-order valence-electron chi connectivity index (χ4n) is 0.472. The fraction of sp³-hybridized carbons (Fsp3) is 0.667. The van der Waals surface area contributed by atoms with Gasteiger partial charge in [-0.15, -0.1) is 0 Å². The molecule has 10 heavy (non-hydrogen) atoms. The van der Waals surface area contributed by atoms with Crippen LogP contribution in [0.4, 0.5) is 0 Å². The lowest BCUT2D eigenvalue weighted by molar-refractivity contribution is 0.599. The van der Waals surface area contributed by atoms with E-state index in [1.54, 1.807) is 6.92 Å². The molecule has 0 atom stereocenters. The van der Waals surface area contributed by atoms with Crippen LogP contribution in [0.1, 0.15) is 6.92 Å². The van der Waals surface area contributed by atoms with Crippen LogP contribution in [0.25, 0.3) is 0 Å². The molecule has 0 aliphatic rings. The minimum atomic E-state index is -2.91. The van der Waals surface area contributed by atoms with E-state index < -0.39 is 9.84 Å². The molecule has 0 bridgehead atoms. The van der Waals surface area contributed by atoms with Gasteiger partial charge in [0.2, 0.25) is 0 Å². The largest absolute Gasteiger partial charge is 0.327 e. The lowest BCUT2D eigenvalue weighted by Gasteiger charge is -2.00. The first-order valence-corrected chi connectivity index (χ1v) is 4.91. The summed E-state index contributed by atoms with van der Waals surface area (Å²) in [4.78, 5) is 0. The van der Waals surface area contributed by atoms with E-state index in [2.05, 4.69) is 6.58 Å². The predicted octanol–water partition coefficient (Wildman–Crippen LogP) is -0.0640. The first-order chi connectivity index (χ1) is 4.52. The monoisotopic (exact) mass is 163 g/mol. The van der Waals surface area contributed by atoms with Crippen molar-refractivity contribution in [3.8, 4) is 0 Å². The minimum Gasteiger partial charge on any atom is -0.327 e. The second-order valence-corrected chi connectivity index (χ2v) is 4.48. The smallest absolute Gasteiger partial charge is 0.153 e. The van der Waals surface area contributed by atoms with Crippen LogP contribution in [0.2, 0.25) is 0 Å². The summed E-state index contributed by atoms with van der Waals surface area (Å²) in [5.74, 6) is 0.187. The molecule has 0 aromatic rings. The summed E-state index contributed by atoms with van der Waals surface area (Å²) in [6, 6.07) is 0. The van der Waals surface area contributed by atoms with Crippen molar-refractivity contribution in [2.45, 2.75) is 6.92 Å². The van der Waals surface area contributed by atoms with Crippen molar-refractivity contribution in [1.29, 1.82) is 0 Å². The molecule has 0 spiro atoms. The number of hydrogen-bond acceptors (Lipinski definition) is 3. The summed E-state index contributed by atoms with van der Waals surface area (Å²) in [6.07, 6.45) is 0. The van der Waals surface area contributed by atoms with Gasteiger partial charge in [-0.25, -0.2) is 8.42 Å².